The van der Waals surface area contributed by atoms with Crippen molar-refractivity contribution in [1.29, 1.82) is 0 Å². The van der Waals surface area contributed by atoms with Crippen molar-refractivity contribution in [1.82, 2.24) is 0 Å². The second-order valence-corrected chi connectivity index (χ2v) is 10.9. The summed E-state index contributed by atoms with van der Waals surface area (Å²) in [6.45, 7) is 7.76. The number of carbonyl (C=O) groups is 3. The molecule has 0 saturated heterocycles. The molecule has 0 spiro atoms. The number of ketones is 2. The van der Waals surface area contributed by atoms with Gasteiger partial charge >= 0.3 is 5.97 Å². The lowest BCUT2D eigenvalue weighted by atomic mass is 9.48. The molecule has 0 aromatic carbocycles. The normalized spacial score (nSPS) is 42.5. The van der Waals surface area contributed by atoms with Crippen LogP contribution < -0.4 is 0 Å². The van der Waals surface area contributed by atoms with Gasteiger partial charge in [0.25, 0.3) is 0 Å². The van der Waals surface area contributed by atoms with Crippen molar-refractivity contribution >= 4 is 17.5 Å². The molecule has 7 atom stereocenters. The summed E-state index contributed by atoms with van der Waals surface area (Å²) in [4.78, 5) is 38.0. The van der Waals surface area contributed by atoms with Crippen LogP contribution in [0.5, 0.6) is 0 Å². The summed E-state index contributed by atoms with van der Waals surface area (Å²) >= 11 is 0. The summed E-state index contributed by atoms with van der Waals surface area (Å²) in [5, 5.41) is 0. The molecule has 5 rings (SSSR count). The number of carbonyl (C=O) groups excluding carboxylic acids is 3. The van der Waals surface area contributed by atoms with Gasteiger partial charge in [0.1, 0.15) is 6.10 Å². The number of allylic oxidation sites excluding steroid dienone is 7. The van der Waals surface area contributed by atoms with Crippen LogP contribution in [0, 0.1) is 40.4 Å². The van der Waals surface area contributed by atoms with Crippen molar-refractivity contribution in [3.05, 3.63) is 47.6 Å². The molecule has 2 saturated carbocycles. The first-order valence-electron chi connectivity index (χ1n) is 11.7. The zero-order chi connectivity index (χ0) is 22.1. The van der Waals surface area contributed by atoms with Gasteiger partial charge in [0.15, 0.2) is 11.6 Å². The molecule has 0 heterocycles. The highest BCUT2D eigenvalue weighted by molar-refractivity contribution is 5.99. The molecular formula is C27H32O4. The Morgan fingerprint density at radius 3 is 2.61 bits per heavy atom. The van der Waals surface area contributed by atoms with Crippen molar-refractivity contribution in [2.75, 3.05) is 0 Å². The topological polar surface area (TPSA) is 60.4 Å². The Hall–Kier alpha value is -2.23. The molecule has 164 valence electrons. The van der Waals surface area contributed by atoms with Crippen LogP contribution in [0.15, 0.2) is 47.6 Å². The van der Waals surface area contributed by atoms with E-state index < -0.39 is 5.41 Å². The van der Waals surface area contributed by atoms with Gasteiger partial charge in [-0.25, -0.2) is 0 Å². The average Bonchev–Trinajstić information content (AvgIpc) is 3.29. The predicted octanol–water partition coefficient (Wildman–Crippen LogP) is 4.76. The number of fused-ring (bicyclic) bond motifs is 5. The van der Waals surface area contributed by atoms with Crippen LogP contribution in [0.1, 0.15) is 53.4 Å². The van der Waals surface area contributed by atoms with Crippen molar-refractivity contribution < 1.29 is 19.1 Å². The van der Waals surface area contributed by atoms with Crippen LogP contribution in [0.3, 0.4) is 0 Å². The van der Waals surface area contributed by atoms with E-state index in [-0.39, 0.29) is 58.6 Å². The zero-order valence-corrected chi connectivity index (χ0v) is 18.9. The highest BCUT2D eigenvalue weighted by Crippen LogP contribution is 2.63. The summed E-state index contributed by atoms with van der Waals surface area (Å²) in [7, 11) is 0. The van der Waals surface area contributed by atoms with Gasteiger partial charge in [0.2, 0.25) is 0 Å². The SMILES string of the molecule is CC(=O)O[C@@H]1C[C@@H]2C(C=CC(=O)C2(C)C)[C@H]2CC[C@]3(C)C(=CC(=O)[C@H]3C3=CCC=C3)C21. The lowest BCUT2D eigenvalue weighted by molar-refractivity contribution is -0.160. The van der Waals surface area contributed by atoms with Gasteiger partial charge in [-0.1, -0.05) is 50.6 Å². The van der Waals surface area contributed by atoms with Crippen molar-refractivity contribution in [3.8, 4) is 0 Å². The highest BCUT2D eigenvalue weighted by Gasteiger charge is 2.61. The third-order valence-corrected chi connectivity index (χ3v) is 9.02. The average molecular weight is 421 g/mol. The van der Waals surface area contributed by atoms with E-state index in [4.69, 9.17) is 4.74 Å². The molecule has 4 heteroatoms. The van der Waals surface area contributed by atoms with Crippen LogP contribution in [0.25, 0.3) is 0 Å². The minimum atomic E-state index is -0.467. The molecule has 0 aromatic rings. The third kappa shape index (κ3) is 2.90. The summed E-state index contributed by atoms with van der Waals surface area (Å²) in [5.74, 6) is 0.677. The second-order valence-electron chi connectivity index (χ2n) is 10.9. The smallest absolute Gasteiger partial charge is 0.302 e. The van der Waals surface area contributed by atoms with E-state index >= 15 is 0 Å². The summed E-state index contributed by atoms with van der Waals surface area (Å²) < 4.78 is 5.93. The van der Waals surface area contributed by atoms with Gasteiger partial charge in [-0.15, -0.1) is 0 Å². The standard InChI is InChI=1S/C27H32O4/c1-15(28)31-22-14-19-17(9-10-23(30)26(19,2)3)18-11-12-27(4)20(24(18)22)13-21(29)25(27)16-7-5-6-8-16/h5,7-10,13,17-19,22,24-25H,6,11-12,14H2,1-4H3/t17?,18-,19-,22-,24?,25-,27-/m1/s1. The largest absolute Gasteiger partial charge is 0.462 e. The van der Waals surface area contributed by atoms with Gasteiger partial charge in [-0.05, 0) is 61.2 Å². The van der Waals surface area contributed by atoms with Crippen molar-refractivity contribution in [2.24, 2.45) is 40.4 Å². The van der Waals surface area contributed by atoms with E-state index in [1.807, 2.05) is 19.9 Å². The Morgan fingerprint density at radius 2 is 1.94 bits per heavy atom. The van der Waals surface area contributed by atoms with E-state index in [0.717, 1.165) is 24.8 Å². The van der Waals surface area contributed by atoms with E-state index in [2.05, 4.69) is 31.2 Å². The van der Waals surface area contributed by atoms with Crippen LogP contribution in [0.4, 0.5) is 0 Å². The molecule has 4 nitrogen and oxygen atoms in total. The molecule has 5 aliphatic rings. The Kier molecular flexibility index (Phi) is 4.59. The molecule has 0 bridgehead atoms. The summed E-state index contributed by atoms with van der Waals surface area (Å²) in [5.41, 5.74) is 1.62. The Labute approximate surface area is 184 Å². The minimum Gasteiger partial charge on any atom is -0.462 e. The van der Waals surface area contributed by atoms with E-state index in [1.54, 1.807) is 6.08 Å². The minimum absolute atomic E-state index is 0.0393. The molecular weight excluding hydrogens is 388 g/mol. The molecule has 31 heavy (non-hydrogen) atoms. The highest BCUT2D eigenvalue weighted by atomic mass is 16.5. The van der Waals surface area contributed by atoms with E-state index in [9.17, 15) is 14.4 Å². The fourth-order valence-corrected chi connectivity index (χ4v) is 7.49. The number of ether oxygens (including phenoxy) is 1. The van der Waals surface area contributed by atoms with Crippen molar-refractivity contribution in [2.45, 2.75) is 59.5 Å². The van der Waals surface area contributed by atoms with Crippen LogP contribution in [0.2, 0.25) is 0 Å². The number of rotatable bonds is 2. The van der Waals surface area contributed by atoms with Gasteiger partial charge in [0, 0.05) is 23.7 Å². The molecule has 0 radical (unpaired) electrons. The fraction of sp³-hybridized carbons (Fsp3) is 0.593. The zero-order valence-electron chi connectivity index (χ0n) is 18.9. The number of hydrogen-bond acceptors (Lipinski definition) is 4. The van der Waals surface area contributed by atoms with Crippen molar-refractivity contribution in [3.63, 3.8) is 0 Å². The molecule has 0 aromatic heterocycles. The molecule has 5 aliphatic carbocycles. The van der Waals surface area contributed by atoms with Crippen LogP contribution in [-0.2, 0) is 19.1 Å². The number of hydrogen-bond donors (Lipinski definition) is 0. The Morgan fingerprint density at radius 1 is 1.16 bits per heavy atom. The van der Waals surface area contributed by atoms with Gasteiger partial charge < -0.3 is 4.74 Å². The summed E-state index contributed by atoms with van der Waals surface area (Å²) in [6, 6.07) is 0. The first-order chi connectivity index (χ1) is 14.6. The molecule has 0 aliphatic heterocycles. The maximum Gasteiger partial charge on any atom is 0.302 e. The first kappa shape index (κ1) is 20.7. The third-order valence-electron chi connectivity index (χ3n) is 9.02. The maximum absolute atomic E-state index is 13.2. The van der Waals surface area contributed by atoms with Gasteiger partial charge in [0.05, 0.1) is 5.92 Å². The maximum atomic E-state index is 13.2. The fourth-order valence-electron chi connectivity index (χ4n) is 7.49. The monoisotopic (exact) mass is 420 g/mol. The first-order valence-corrected chi connectivity index (χ1v) is 11.7. The molecule has 2 unspecified atom stereocenters. The second kappa shape index (κ2) is 6.88. The van der Waals surface area contributed by atoms with Gasteiger partial charge in [-0.3, -0.25) is 14.4 Å². The Balaban J connectivity index is 1.58. The van der Waals surface area contributed by atoms with Crippen LogP contribution >= 0.6 is 0 Å². The van der Waals surface area contributed by atoms with E-state index in [0.29, 0.717) is 6.42 Å². The summed E-state index contributed by atoms with van der Waals surface area (Å²) in [6.07, 6.45) is 15.4. The van der Waals surface area contributed by atoms with Gasteiger partial charge in [-0.2, -0.15) is 0 Å². The van der Waals surface area contributed by atoms with E-state index in [1.165, 1.54) is 12.5 Å². The molecule has 0 N–H and O–H groups in total. The molecule has 2 fully saturated rings. The number of esters is 1. The Bertz CT molecular complexity index is 977. The predicted molar refractivity (Wildman–Crippen MR) is 118 cm³/mol. The van der Waals surface area contributed by atoms with Crippen LogP contribution in [-0.4, -0.2) is 23.6 Å². The quantitative estimate of drug-likeness (QED) is 0.604. The molecule has 0 amide bonds. The lowest BCUT2D eigenvalue weighted by Crippen LogP contribution is -2.55. The lowest BCUT2D eigenvalue weighted by Gasteiger charge is -2.57.